The van der Waals surface area contributed by atoms with Gasteiger partial charge in [-0.3, -0.25) is 14.6 Å². The predicted molar refractivity (Wildman–Crippen MR) is 174 cm³/mol. The number of piperazine rings is 1. The van der Waals surface area contributed by atoms with Crippen molar-refractivity contribution in [3.8, 4) is 0 Å². The number of benzene rings is 2. The van der Waals surface area contributed by atoms with Gasteiger partial charge in [0.2, 0.25) is 0 Å². The SMILES string of the molecule is O=C(c1cc(C(F)(F)F)cc(C(F)(F)F)c1)N1CCC(N2CCN(C3CCCN(S(=O)(=O)c4cccs4)C3)CC2)CC1Cc1ccccc1. The number of thiophene rings is 1. The Morgan fingerprint density at radius 1 is 0.776 bits per heavy atom. The van der Waals surface area contributed by atoms with Gasteiger partial charge in [-0.1, -0.05) is 36.4 Å². The molecule has 3 aliphatic heterocycles. The molecular formula is C34H38F6N4O3S2. The summed E-state index contributed by atoms with van der Waals surface area (Å²) in [4.78, 5) is 19.9. The lowest BCUT2D eigenvalue weighted by atomic mass is 9.90. The molecule has 6 rings (SSSR count). The Bertz CT molecular complexity index is 1660. The fourth-order valence-corrected chi connectivity index (χ4v) is 10.1. The predicted octanol–water partition coefficient (Wildman–Crippen LogP) is 6.47. The molecule has 3 atom stereocenters. The van der Waals surface area contributed by atoms with Gasteiger partial charge in [0, 0.05) is 69.5 Å². The highest BCUT2D eigenvalue weighted by atomic mass is 32.2. The van der Waals surface area contributed by atoms with Crippen LogP contribution in [0.15, 0.2) is 70.3 Å². The van der Waals surface area contributed by atoms with Crippen LogP contribution in [0.2, 0.25) is 0 Å². The van der Waals surface area contributed by atoms with Crippen LogP contribution in [0.1, 0.15) is 52.7 Å². The molecule has 4 heterocycles. The van der Waals surface area contributed by atoms with Gasteiger partial charge in [0.1, 0.15) is 4.21 Å². The summed E-state index contributed by atoms with van der Waals surface area (Å²) in [5.74, 6) is -0.847. The fourth-order valence-electron chi connectivity index (χ4n) is 7.40. The molecule has 0 aliphatic carbocycles. The topological polar surface area (TPSA) is 64.2 Å². The van der Waals surface area contributed by atoms with E-state index in [-0.39, 0.29) is 24.7 Å². The van der Waals surface area contributed by atoms with Crippen molar-refractivity contribution in [2.24, 2.45) is 0 Å². The molecule has 1 amide bonds. The van der Waals surface area contributed by atoms with Gasteiger partial charge in [-0.2, -0.15) is 30.6 Å². The average Bonchev–Trinajstić information content (AvgIpc) is 3.64. The Kier molecular flexibility index (Phi) is 10.5. The first-order valence-electron chi connectivity index (χ1n) is 16.4. The lowest BCUT2D eigenvalue weighted by molar-refractivity contribution is -0.143. The van der Waals surface area contributed by atoms with E-state index < -0.39 is 51.0 Å². The molecule has 7 nitrogen and oxygen atoms in total. The molecule has 2 aromatic carbocycles. The van der Waals surface area contributed by atoms with Crippen LogP contribution in [-0.4, -0.2) is 97.3 Å². The Balaban J connectivity index is 1.15. The Labute approximate surface area is 286 Å². The van der Waals surface area contributed by atoms with Crippen LogP contribution in [0.25, 0.3) is 0 Å². The van der Waals surface area contributed by atoms with Crippen LogP contribution in [-0.2, 0) is 28.8 Å². The highest BCUT2D eigenvalue weighted by Gasteiger charge is 2.41. The fraction of sp³-hybridized carbons (Fsp3) is 0.500. The van der Waals surface area contributed by atoms with Gasteiger partial charge in [0.05, 0.1) is 11.1 Å². The quantitative estimate of drug-likeness (QED) is 0.261. The van der Waals surface area contributed by atoms with Gasteiger partial charge in [0.15, 0.2) is 0 Å². The summed E-state index contributed by atoms with van der Waals surface area (Å²) in [5, 5.41) is 1.76. The van der Waals surface area contributed by atoms with Crippen molar-refractivity contribution in [2.45, 2.75) is 66.8 Å². The Morgan fingerprint density at radius 3 is 2.00 bits per heavy atom. The van der Waals surface area contributed by atoms with E-state index in [9.17, 15) is 39.6 Å². The van der Waals surface area contributed by atoms with Crippen molar-refractivity contribution in [3.63, 3.8) is 0 Å². The molecule has 3 unspecified atom stereocenters. The molecule has 0 saturated carbocycles. The molecule has 3 saturated heterocycles. The van der Waals surface area contributed by atoms with Crippen molar-refractivity contribution in [2.75, 3.05) is 45.8 Å². The normalized spacial score (nSPS) is 23.9. The van der Waals surface area contributed by atoms with E-state index in [1.165, 1.54) is 16.2 Å². The first-order valence-corrected chi connectivity index (χ1v) is 18.7. The maximum Gasteiger partial charge on any atom is 0.416 e. The van der Waals surface area contributed by atoms with E-state index in [1.54, 1.807) is 21.8 Å². The molecule has 1 aromatic heterocycles. The molecule has 3 aliphatic rings. The van der Waals surface area contributed by atoms with Crippen LogP contribution >= 0.6 is 11.3 Å². The molecular weight excluding hydrogens is 691 g/mol. The molecule has 0 bridgehead atoms. The lowest BCUT2D eigenvalue weighted by Gasteiger charge is -2.48. The number of sulfonamides is 1. The number of hydrogen-bond donors (Lipinski definition) is 0. The first-order chi connectivity index (χ1) is 23.2. The number of piperidine rings is 2. The minimum Gasteiger partial charge on any atom is -0.335 e. The van der Waals surface area contributed by atoms with Gasteiger partial charge in [-0.25, -0.2) is 8.42 Å². The summed E-state index contributed by atoms with van der Waals surface area (Å²) in [7, 11) is -3.53. The number of carbonyl (C=O) groups excluding carboxylic acids is 1. The zero-order valence-electron chi connectivity index (χ0n) is 26.7. The Hall–Kier alpha value is -2.98. The molecule has 3 fully saturated rings. The van der Waals surface area contributed by atoms with Gasteiger partial charge < -0.3 is 4.90 Å². The second-order valence-electron chi connectivity index (χ2n) is 13.0. The van der Waals surface area contributed by atoms with Crippen LogP contribution in [0.4, 0.5) is 26.3 Å². The number of carbonyl (C=O) groups is 1. The maximum absolute atomic E-state index is 13.8. The third-order valence-electron chi connectivity index (χ3n) is 9.93. The summed E-state index contributed by atoms with van der Waals surface area (Å²) >= 11 is 1.22. The smallest absolute Gasteiger partial charge is 0.335 e. The highest BCUT2D eigenvalue weighted by molar-refractivity contribution is 7.91. The number of rotatable bonds is 7. The molecule has 49 heavy (non-hydrogen) atoms. The van der Waals surface area contributed by atoms with Crippen molar-refractivity contribution in [1.82, 2.24) is 19.0 Å². The van der Waals surface area contributed by atoms with E-state index in [0.29, 0.717) is 48.7 Å². The van der Waals surface area contributed by atoms with Gasteiger partial charge in [-0.05, 0) is 67.3 Å². The first kappa shape index (κ1) is 35.8. The molecule has 0 N–H and O–H groups in total. The third kappa shape index (κ3) is 8.16. The zero-order chi connectivity index (χ0) is 35.0. The van der Waals surface area contributed by atoms with Crippen molar-refractivity contribution in [3.05, 3.63) is 88.3 Å². The van der Waals surface area contributed by atoms with E-state index in [0.717, 1.165) is 44.6 Å². The number of nitrogens with zero attached hydrogens (tertiary/aromatic N) is 4. The van der Waals surface area contributed by atoms with E-state index >= 15 is 0 Å². The number of hydrogen-bond acceptors (Lipinski definition) is 6. The number of alkyl halides is 6. The summed E-state index contributed by atoms with van der Waals surface area (Å²) in [6, 6.07) is 13.5. The second kappa shape index (κ2) is 14.3. The minimum absolute atomic E-state index is 0.0393. The van der Waals surface area contributed by atoms with Crippen molar-refractivity contribution < 1.29 is 39.6 Å². The average molecular weight is 729 g/mol. The van der Waals surface area contributed by atoms with E-state index in [1.807, 2.05) is 30.3 Å². The highest BCUT2D eigenvalue weighted by Crippen LogP contribution is 2.37. The minimum atomic E-state index is -5.05. The molecule has 266 valence electrons. The van der Waals surface area contributed by atoms with Crippen LogP contribution < -0.4 is 0 Å². The summed E-state index contributed by atoms with van der Waals surface area (Å²) in [5.41, 5.74) is -2.74. The van der Waals surface area contributed by atoms with E-state index in [2.05, 4.69) is 9.80 Å². The van der Waals surface area contributed by atoms with Gasteiger partial charge >= 0.3 is 12.4 Å². The van der Waals surface area contributed by atoms with Gasteiger partial charge in [0.25, 0.3) is 15.9 Å². The zero-order valence-corrected chi connectivity index (χ0v) is 28.3. The molecule has 3 aromatic rings. The van der Waals surface area contributed by atoms with E-state index in [4.69, 9.17) is 0 Å². The lowest BCUT2D eigenvalue weighted by Crippen LogP contribution is -2.59. The monoisotopic (exact) mass is 728 g/mol. The van der Waals surface area contributed by atoms with Crippen molar-refractivity contribution in [1.29, 1.82) is 0 Å². The molecule has 0 spiro atoms. The van der Waals surface area contributed by atoms with Crippen LogP contribution in [0, 0.1) is 0 Å². The van der Waals surface area contributed by atoms with Crippen molar-refractivity contribution >= 4 is 27.3 Å². The summed E-state index contributed by atoms with van der Waals surface area (Å²) in [6.45, 7) is 4.06. The second-order valence-corrected chi connectivity index (χ2v) is 16.1. The number of amides is 1. The molecule has 0 radical (unpaired) electrons. The van der Waals surface area contributed by atoms with Crippen LogP contribution in [0.3, 0.4) is 0 Å². The standard InChI is InChI=1S/C34H38F6N4O3S2/c35-33(36,37)26-19-25(20-27(21-26)34(38,39)40)32(45)44-12-10-28(22-30(44)18-24-6-2-1-3-7-24)41-13-15-42(16-14-41)29-8-4-11-43(23-29)49(46,47)31-9-5-17-48-31/h1-3,5-7,9,17,19-21,28-30H,4,8,10-16,18,22-23H2. The van der Waals surface area contributed by atoms with Crippen LogP contribution in [0.5, 0.6) is 0 Å². The number of likely N-dealkylation sites (tertiary alicyclic amines) is 1. The maximum atomic E-state index is 13.8. The largest absolute Gasteiger partial charge is 0.416 e. The summed E-state index contributed by atoms with van der Waals surface area (Å²) in [6.07, 6.45) is -6.97. The Morgan fingerprint density at radius 2 is 1.41 bits per heavy atom. The third-order valence-corrected chi connectivity index (χ3v) is 13.2. The summed E-state index contributed by atoms with van der Waals surface area (Å²) < 4.78 is 110. The molecule has 15 heteroatoms. The number of halogens is 6. The van der Waals surface area contributed by atoms with Gasteiger partial charge in [-0.15, -0.1) is 11.3 Å².